The molecule has 0 aliphatic carbocycles. The first-order valence-corrected chi connectivity index (χ1v) is 7.40. The average Bonchev–Trinajstić information content (AvgIpc) is 2.49. The minimum atomic E-state index is -0.327. The predicted octanol–water partition coefficient (Wildman–Crippen LogP) is 4.12. The Kier molecular flexibility index (Phi) is 6.17. The number of rotatable bonds is 7. The summed E-state index contributed by atoms with van der Waals surface area (Å²) in [6, 6.07) is 12.0. The van der Waals surface area contributed by atoms with Crippen molar-refractivity contribution < 1.29 is 13.9 Å². The Bertz CT molecular complexity index is 575. The van der Waals surface area contributed by atoms with Crippen molar-refractivity contribution in [2.45, 2.75) is 6.54 Å². The topological polar surface area (TPSA) is 30.5 Å². The van der Waals surface area contributed by atoms with Gasteiger partial charge in [-0.05, 0) is 45.8 Å². The molecule has 2 aromatic rings. The van der Waals surface area contributed by atoms with Crippen LogP contribution in [0.5, 0.6) is 11.5 Å². The molecule has 2 aromatic carbocycles. The van der Waals surface area contributed by atoms with E-state index in [1.165, 1.54) is 12.1 Å². The van der Waals surface area contributed by atoms with Crippen LogP contribution in [-0.4, -0.2) is 20.3 Å². The lowest BCUT2D eigenvalue weighted by molar-refractivity contribution is 0.199. The van der Waals surface area contributed by atoms with Crippen molar-refractivity contribution in [3.63, 3.8) is 0 Å². The zero-order valence-corrected chi connectivity index (χ0v) is 13.3. The van der Waals surface area contributed by atoms with Gasteiger partial charge in [-0.15, -0.1) is 0 Å². The molecule has 0 aliphatic heterocycles. The van der Waals surface area contributed by atoms with E-state index in [1.54, 1.807) is 13.2 Å². The Morgan fingerprint density at radius 3 is 2.62 bits per heavy atom. The van der Waals surface area contributed by atoms with E-state index in [4.69, 9.17) is 9.47 Å². The van der Waals surface area contributed by atoms with Gasteiger partial charge in [-0.3, -0.25) is 0 Å². The van der Waals surface area contributed by atoms with Crippen molar-refractivity contribution in [2.75, 3.05) is 20.3 Å². The molecule has 1 N–H and O–H groups in total. The monoisotopic (exact) mass is 353 g/mol. The summed E-state index contributed by atoms with van der Waals surface area (Å²) in [5, 5.41) is 3.27. The number of ether oxygens (including phenoxy) is 2. The molecule has 0 saturated carbocycles. The molecule has 0 bridgehead atoms. The van der Waals surface area contributed by atoms with Crippen LogP contribution in [0.1, 0.15) is 5.56 Å². The fraction of sp³-hybridized carbons (Fsp3) is 0.250. The Balaban J connectivity index is 1.94. The van der Waals surface area contributed by atoms with Crippen LogP contribution in [0.3, 0.4) is 0 Å². The van der Waals surface area contributed by atoms with Gasteiger partial charge in [-0.2, -0.15) is 0 Å². The first kappa shape index (κ1) is 15.9. The van der Waals surface area contributed by atoms with Crippen LogP contribution in [0, 0.1) is 5.82 Å². The van der Waals surface area contributed by atoms with E-state index in [-0.39, 0.29) is 5.82 Å². The molecule has 112 valence electrons. The molecule has 0 spiro atoms. The van der Waals surface area contributed by atoms with Crippen LogP contribution in [0.15, 0.2) is 46.9 Å². The molecule has 0 amide bonds. The lowest BCUT2D eigenvalue weighted by atomic mass is 10.2. The van der Waals surface area contributed by atoms with Crippen molar-refractivity contribution in [3.8, 4) is 11.5 Å². The fourth-order valence-corrected chi connectivity index (χ4v) is 2.09. The molecule has 5 heteroatoms. The highest BCUT2D eigenvalue weighted by Crippen LogP contribution is 2.30. The molecule has 0 aliphatic rings. The van der Waals surface area contributed by atoms with Gasteiger partial charge in [0.15, 0.2) is 0 Å². The van der Waals surface area contributed by atoms with Gasteiger partial charge >= 0.3 is 0 Å². The van der Waals surface area contributed by atoms with Gasteiger partial charge in [0.05, 0.1) is 11.1 Å². The number of nitrogens with one attached hydrogen (secondary N) is 1. The van der Waals surface area contributed by atoms with Crippen molar-refractivity contribution in [1.29, 1.82) is 0 Å². The summed E-state index contributed by atoms with van der Waals surface area (Å²) in [6.45, 7) is 2.27. The molecular weight excluding hydrogens is 337 g/mol. The second-order valence-electron chi connectivity index (χ2n) is 4.49. The Morgan fingerprint density at radius 2 is 1.90 bits per heavy atom. The molecule has 0 aromatic heterocycles. The maximum absolute atomic E-state index is 13.2. The number of halogens is 2. The van der Waals surface area contributed by atoms with E-state index in [9.17, 15) is 4.39 Å². The molecular formula is C16H17BrFNO2. The number of hydrogen-bond donors (Lipinski definition) is 1. The van der Waals surface area contributed by atoms with E-state index in [0.717, 1.165) is 18.7 Å². The second-order valence-corrected chi connectivity index (χ2v) is 5.34. The van der Waals surface area contributed by atoms with Crippen molar-refractivity contribution in [1.82, 2.24) is 5.32 Å². The van der Waals surface area contributed by atoms with E-state index in [0.29, 0.717) is 22.6 Å². The van der Waals surface area contributed by atoms with Gasteiger partial charge in [0, 0.05) is 26.3 Å². The molecule has 0 unspecified atom stereocenters. The summed E-state index contributed by atoms with van der Waals surface area (Å²) < 4.78 is 24.5. The highest BCUT2D eigenvalue weighted by Gasteiger charge is 2.04. The van der Waals surface area contributed by atoms with Gasteiger partial charge < -0.3 is 14.8 Å². The Morgan fingerprint density at radius 1 is 1.14 bits per heavy atom. The van der Waals surface area contributed by atoms with Gasteiger partial charge in [0.2, 0.25) is 0 Å². The van der Waals surface area contributed by atoms with Gasteiger partial charge in [-0.25, -0.2) is 4.39 Å². The van der Waals surface area contributed by atoms with Crippen LogP contribution in [-0.2, 0) is 11.3 Å². The number of methoxy groups -OCH3 is 1. The zero-order chi connectivity index (χ0) is 15.1. The first-order chi connectivity index (χ1) is 10.2. The van der Waals surface area contributed by atoms with Crippen LogP contribution < -0.4 is 10.1 Å². The quantitative estimate of drug-likeness (QED) is 0.759. The van der Waals surface area contributed by atoms with Crippen molar-refractivity contribution in [3.05, 3.63) is 58.3 Å². The summed E-state index contributed by atoms with van der Waals surface area (Å²) in [5.74, 6) is 0.801. The second kappa shape index (κ2) is 8.12. The normalized spacial score (nSPS) is 10.6. The standard InChI is InChI=1S/C16H17BrFNO2/c1-20-9-8-19-11-12-2-5-14(6-3-12)21-16-10-13(18)4-7-15(16)17/h2-7,10,19H,8-9,11H2,1H3. The molecule has 0 heterocycles. The van der Waals surface area contributed by atoms with Crippen molar-refractivity contribution >= 4 is 15.9 Å². The van der Waals surface area contributed by atoms with E-state index in [2.05, 4.69) is 21.2 Å². The summed E-state index contributed by atoms with van der Waals surface area (Å²) in [7, 11) is 1.68. The minimum absolute atomic E-state index is 0.327. The lowest BCUT2D eigenvalue weighted by Gasteiger charge is -2.09. The third-order valence-corrected chi connectivity index (χ3v) is 3.51. The highest BCUT2D eigenvalue weighted by molar-refractivity contribution is 9.10. The van der Waals surface area contributed by atoms with Crippen LogP contribution in [0.2, 0.25) is 0 Å². The predicted molar refractivity (Wildman–Crippen MR) is 84.2 cm³/mol. The van der Waals surface area contributed by atoms with Crippen LogP contribution >= 0.6 is 15.9 Å². The molecule has 3 nitrogen and oxygen atoms in total. The SMILES string of the molecule is COCCNCc1ccc(Oc2cc(F)ccc2Br)cc1. The first-order valence-electron chi connectivity index (χ1n) is 6.60. The lowest BCUT2D eigenvalue weighted by Crippen LogP contribution is -2.18. The molecule has 21 heavy (non-hydrogen) atoms. The summed E-state index contributed by atoms with van der Waals surface area (Å²) >= 11 is 3.34. The van der Waals surface area contributed by atoms with Crippen LogP contribution in [0.25, 0.3) is 0 Å². The third-order valence-electron chi connectivity index (χ3n) is 2.86. The zero-order valence-electron chi connectivity index (χ0n) is 11.7. The van der Waals surface area contributed by atoms with Crippen molar-refractivity contribution in [2.24, 2.45) is 0 Å². The van der Waals surface area contributed by atoms with E-state index >= 15 is 0 Å². The molecule has 0 saturated heterocycles. The smallest absolute Gasteiger partial charge is 0.144 e. The van der Waals surface area contributed by atoms with Gasteiger partial charge in [0.1, 0.15) is 17.3 Å². The van der Waals surface area contributed by atoms with Gasteiger partial charge in [0.25, 0.3) is 0 Å². The highest BCUT2D eigenvalue weighted by atomic mass is 79.9. The average molecular weight is 354 g/mol. The maximum Gasteiger partial charge on any atom is 0.144 e. The maximum atomic E-state index is 13.2. The van der Waals surface area contributed by atoms with E-state index in [1.807, 2.05) is 24.3 Å². The largest absolute Gasteiger partial charge is 0.456 e. The number of benzene rings is 2. The number of hydrogen-bond acceptors (Lipinski definition) is 3. The molecule has 0 fully saturated rings. The fourth-order valence-electron chi connectivity index (χ4n) is 1.76. The van der Waals surface area contributed by atoms with E-state index < -0.39 is 0 Å². The molecule has 2 rings (SSSR count). The molecule has 0 atom stereocenters. The van der Waals surface area contributed by atoms with Gasteiger partial charge in [-0.1, -0.05) is 12.1 Å². The third kappa shape index (κ3) is 5.12. The summed E-state index contributed by atoms with van der Waals surface area (Å²) in [5.41, 5.74) is 1.15. The van der Waals surface area contributed by atoms with Crippen LogP contribution in [0.4, 0.5) is 4.39 Å². The summed E-state index contributed by atoms with van der Waals surface area (Å²) in [6.07, 6.45) is 0. The minimum Gasteiger partial charge on any atom is -0.456 e. The summed E-state index contributed by atoms with van der Waals surface area (Å²) in [4.78, 5) is 0. The molecule has 0 radical (unpaired) electrons. The Labute approximate surface area is 132 Å². The Hall–Kier alpha value is -1.43.